The minimum atomic E-state index is 0. The molecule has 1 aromatic heterocycles. The molecule has 0 fully saturated rings. The van der Waals surface area contributed by atoms with Crippen LogP contribution in [0.25, 0.3) is 66.3 Å². The van der Waals surface area contributed by atoms with Gasteiger partial charge in [-0.2, -0.15) is 0 Å². The molecule has 6 aromatic carbocycles. The number of hydrogen-bond acceptors (Lipinski definition) is 4. The van der Waals surface area contributed by atoms with Crippen molar-refractivity contribution in [3.8, 4) is 77.8 Å². The summed E-state index contributed by atoms with van der Waals surface area (Å²) in [6.45, 7) is 4.11. The summed E-state index contributed by atoms with van der Waals surface area (Å²) >= 11 is 1.57. The van der Waals surface area contributed by atoms with E-state index in [1.807, 2.05) is 121 Å². The van der Waals surface area contributed by atoms with Crippen molar-refractivity contribution in [1.82, 2.24) is 4.98 Å². The molecule has 0 aliphatic carbocycles. The second kappa shape index (κ2) is 15.5. The smallest absolute Gasteiger partial charge is 0.131 e. The van der Waals surface area contributed by atoms with Gasteiger partial charge in [0.15, 0.2) is 0 Å². The molecule has 2 N–H and O–H groups in total. The Kier molecular flexibility index (Phi) is 11.7. The topological polar surface area (TPSA) is 53.4 Å². The van der Waals surface area contributed by atoms with Crippen molar-refractivity contribution in [3.63, 3.8) is 0 Å². The molecule has 0 aliphatic heterocycles. The molecule has 3 nitrogen and oxygen atoms in total. The van der Waals surface area contributed by atoms with E-state index in [1.165, 1.54) is 0 Å². The number of phenols is 2. The summed E-state index contributed by atoms with van der Waals surface area (Å²) < 4.78 is 0. The minimum Gasteiger partial charge on any atom is -0.507 e. The molecule has 1 heterocycles. The molecule has 48 heavy (non-hydrogen) atoms. The molecule has 0 saturated carbocycles. The Bertz CT molecular complexity index is 2000. The summed E-state index contributed by atoms with van der Waals surface area (Å²) in [6, 6.07) is 44.3. The van der Waals surface area contributed by atoms with E-state index in [9.17, 15) is 10.2 Å². The third-order valence-electron chi connectivity index (χ3n) is 8.12. The van der Waals surface area contributed by atoms with Crippen molar-refractivity contribution in [2.75, 3.05) is 0 Å². The van der Waals surface area contributed by atoms with Gasteiger partial charge in [0.1, 0.15) is 16.5 Å². The van der Waals surface area contributed by atoms with E-state index in [4.69, 9.17) is 4.98 Å². The molecule has 7 aromatic rings. The summed E-state index contributed by atoms with van der Waals surface area (Å²) in [7, 11) is 0. The molecule has 0 spiro atoms. The quantitative estimate of drug-likeness (QED) is 0.130. The van der Waals surface area contributed by atoms with Crippen LogP contribution < -0.4 is 0 Å². The first-order valence-corrected chi connectivity index (χ1v) is 15.8. The molecule has 0 unspecified atom stereocenters. The Morgan fingerprint density at radius 3 is 1.31 bits per heavy atom. The predicted molar refractivity (Wildman–Crippen MR) is 200 cm³/mol. The van der Waals surface area contributed by atoms with Gasteiger partial charge >= 0.3 is 0 Å². The normalized spacial score (nSPS) is 10.4. The average molecular weight is 810 g/mol. The largest absolute Gasteiger partial charge is 0.507 e. The predicted octanol–water partition coefficient (Wildman–Crippen LogP) is 12.1. The molecule has 0 radical (unpaired) electrons. The fourth-order valence-corrected chi connectivity index (χ4v) is 6.87. The van der Waals surface area contributed by atoms with Crippen LogP contribution in [0.15, 0.2) is 139 Å². The first-order valence-electron chi connectivity index (χ1n) is 14.9. The number of rotatable bonds is 6. The maximum atomic E-state index is 11.5. The van der Waals surface area contributed by atoms with Gasteiger partial charge in [0.2, 0.25) is 0 Å². The second-order valence-corrected chi connectivity index (χ2v) is 12.1. The third-order valence-corrected chi connectivity index (χ3v) is 9.00. The van der Waals surface area contributed by atoms with E-state index in [-0.39, 0.29) is 52.2 Å². The van der Waals surface area contributed by atoms with Gasteiger partial charge < -0.3 is 25.1 Å². The van der Waals surface area contributed by atoms with Gasteiger partial charge in [-0.25, -0.2) is 4.98 Å². The summed E-state index contributed by atoms with van der Waals surface area (Å²) in [4.78, 5) is 5.14. The number of phenolic OH excluding ortho intramolecular Hbond substituents is 2. The van der Waals surface area contributed by atoms with Gasteiger partial charge in [0, 0.05) is 64.6 Å². The van der Waals surface area contributed by atoms with Crippen LogP contribution in [0.5, 0.6) is 11.5 Å². The molecule has 5 heteroatoms. The van der Waals surface area contributed by atoms with E-state index in [2.05, 4.69) is 31.4 Å². The number of nitrogens with zero attached hydrogens (tertiary/aromatic N) is 1. The minimum absolute atomic E-state index is 0. The van der Waals surface area contributed by atoms with E-state index >= 15 is 0 Å². The molecule has 0 bridgehead atoms. The average Bonchev–Trinajstić information content (AvgIpc) is 3.57. The second-order valence-electron chi connectivity index (χ2n) is 11.3. The molecule has 0 atom stereocenters. The zero-order valence-electron chi connectivity index (χ0n) is 27.5. The van der Waals surface area contributed by atoms with Crippen molar-refractivity contribution >= 4 is 11.3 Å². The van der Waals surface area contributed by atoms with Crippen LogP contribution >= 0.6 is 11.3 Å². The maximum Gasteiger partial charge on any atom is 0.131 e. The van der Waals surface area contributed by atoms with Gasteiger partial charge in [-0.05, 0) is 71.5 Å². The SMILES string of the molecule is Cc1cc(-c2ccccc2)c(O)c(-c2ccccc2-c2csc(-c3ccccc3-c3cc(C)cc(-c4ccccc4)c3O)n2)c1.[CH3-].[CH3-].[Hf]. The van der Waals surface area contributed by atoms with Crippen LogP contribution in [-0.4, -0.2) is 15.2 Å². The first kappa shape index (κ1) is 36.3. The number of thiazole rings is 1. The van der Waals surface area contributed by atoms with Crippen molar-refractivity contribution < 1.29 is 36.1 Å². The van der Waals surface area contributed by atoms with Gasteiger partial charge in [0.05, 0.1) is 5.69 Å². The zero-order valence-corrected chi connectivity index (χ0v) is 31.9. The summed E-state index contributed by atoms with van der Waals surface area (Å²) in [5.74, 6) is 0.509. The van der Waals surface area contributed by atoms with E-state index in [1.54, 1.807) is 11.3 Å². The van der Waals surface area contributed by atoms with E-state index in [0.717, 1.165) is 77.5 Å². The van der Waals surface area contributed by atoms with Gasteiger partial charge in [-0.3, -0.25) is 0 Å². The van der Waals surface area contributed by atoms with Gasteiger partial charge in [0.25, 0.3) is 0 Å². The maximum absolute atomic E-state index is 11.5. The van der Waals surface area contributed by atoms with Gasteiger partial charge in [-0.1, -0.05) is 109 Å². The summed E-state index contributed by atoms with van der Waals surface area (Å²) in [5, 5.41) is 26.0. The molecular weight excluding hydrogens is 773 g/mol. The molecular formula is C43H37HfNO2S-2. The monoisotopic (exact) mass is 811 g/mol. The third kappa shape index (κ3) is 6.99. The summed E-state index contributed by atoms with van der Waals surface area (Å²) in [6.07, 6.45) is 0. The molecule has 0 amide bonds. The van der Waals surface area contributed by atoms with Gasteiger partial charge in [-0.15, -0.1) is 11.3 Å². The Balaban J connectivity index is 0.00000173. The number of benzene rings is 6. The Morgan fingerprint density at radius 1 is 0.458 bits per heavy atom. The van der Waals surface area contributed by atoms with Crippen LogP contribution in [0.1, 0.15) is 11.1 Å². The van der Waals surface area contributed by atoms with Crippen molar-refractivity contribution in [2.24, 2.45) is 0 Å². The standard InChI is InChI=1S/C41H31NO2S.2CH3.Hf/c1-26-21-34(28-13-5-3-6-14-28)39(43)36(23-26)30-17-9-11-19-32(30)38-25-45-41(42-38)33-20-12-10-18-31(33)37-24-27(2)22-35(40(37)44)29-15-7-4-8-16-29;;;/h3-25,43-44H,1-2H3;2*1H3;/q;2*-1;. The Labute approximate surface area is 307 Å². The number of aryl methyl sites for hydroxylation is 2. The Hall–Kier alpha value is -4.58. The molecule has 238 valence electrons. The fraction of sp³-hybridized carbons (Fsp3) is 0.0465. The van der Waals surface area contributed by atoms with Crippen LogP contribution in [0, 0.1) is 28.7 Å². The molecule has 0 aliphatic rings. The molecule has 7 rings (SSSR count). The first-order chi connectivity index (χ1) is 22.0. The van der Waals surface area contributed by atoms with Crippen molar-refractivity contribution in [1.29, 1.82) is 0 Å². The van der Waals surface area contributed by atoms with Crippen molar-refractivity contribution in [2.45, 2.75) is 13.8 Å². The molecule has 0 saturated heterocycles. The van der Waals surface area contributed by atoms with Crippen LogP contribution in [0.3, 0.4) is 0 Å². The van der Waals surface area contributed by atoms with E-state index < -0.39 is 0 Å². The van der Waals surface area contributed by atoms with Crippen molar-refractivity contribution in [3.05, 3.63) is 165 Å². The number of aromatic nitrogens is 1. The van der Waals surface area contributed by atoms with E-state index in [0.29, 0.717) is 0 Å². The van der Waals surface area contributed by atoms with Crippen LogP contribution in [0.4, 0.5) is 0 Å². The number of hydrogen-bond donors (Lipinski definition) is 2. The number of aromatic hydroxyl groups is 2. The van der Waals surface area contributed by atoms with Crippen LogP contribution in [0.2, 0.25) is 0 Å². The fourth-order valence-electron chi connectivity index (χ4n) is 6.01. The zero-order chi connectivity index (χ0) is 30.9. The Morgan fingerprint density at radius 2 is 0.833 bits per heavy atom. The summed E-state index contributed by atoms with van der Waals surface area (Å²) in [5.41, 5.74) is 11.8. The van der Waals surface area contributed by atoms with Crippen LogP contribution in [-0.2, 0) is 25.8 Å².